The van der Waals surface area contributed by atoms with E-state index >= 15 is 0 Å². The molecule has 2 heteroatoms. The summed E-state index contributed by atoms with van der Waals surface area (Å²) in [6, 6.07) is 0. The fourth-order valence-electron chi connectivity index (χ4n) is 2.64. The summed E-state index contributed by atoms with van der Waals surface area (Å²) in [4.78, 5) is 2.46. The summed E-state index contributed by atoms with van der Waals surface area (Å²) >= 11 is 0. The highest BCUT2D eigenvalue weighted by molar-refractivity contribution is 4.83. The zero-order chi connectivity index (χ0) is 12.0. The lowest BCUT2D eigenvalue weighted by molar-refractivity contribution is 0.0141. The molecule has 1 atom stereocenters. The zero-order valence-electron chi connectivity index (χ0n) is 11.3. The summed E-state index contributed by atoms with van der Waals surface area (Å²) in [7, 11) is 0. The molecular formula is C14H29NO. The van der Waals surface area contributed by atoms with E-state index in [1.807, 2.05) is 0 Å². The SMILES string of the molecule is CCN1CCCC(O)(CCCC(C)C)CC1. The van der Waals surface area contributed by atoms with Gasteiger partial charge < -0.3 is 10.0 Å². The van der Waals surface area contributed by atoms with E-state index < -0.39 is 0 Å². The van der Waals surface area contributed by atoms with E-state index in [4.69, 9.17) is 0 Å². The fourth-order valence-corrected chi connectivity index (χ4v) is 2.64. The lowest BCUT2D eigenvalue weighted by Crippen LogP contribution is -2.31. The second-order valence-electron chi connectivity index (χ2n) is 5.80. The van der Waals surface area contributed by atoms with E-state index in [9.17, 15) is 5.11 Å². The fraction of sp³-hybridized carbons (Fsp3) is 1.00. The molecule has 1 fully saturated rings. The van der Waals surface area contributed by atoms with Crippen LogP contribution in [0.2, 0.25) is 0 Å². The first-order valence-electron chi connectivity index (χ1n) is 7.00. The highest BCUT2D eigenvalue weighted by Crippen LogP contribution is 2.28. The maximum Gasteiger partial charge on any atom is 0.0660 e. The summed E-state index contributed by atoms with van der Waals surface area (Å²) in [6.07, 6.45) is 6.56. The van der Waals surface area contributed by atoms with Gasteiger partial charge in [0.25, 0.3) is 0 Å². The Morgan fingerprint density at radius 1 is 1.25 bits per heavy atom. The van der Waals surface area contributed by atoms with Crippen molar-refractivity contribution >= 4 is 0 Å². The van der Waals surface area contributed by atoms with Crippen LogP contribution in [0.4, 0.5) is 0 Å². The summed E-state index contributed by atoms with van der Waals surface area (Å²) in [5.74, 6) is 0.765. The minimum atomic E-state index is -0.362. The average Bonchev–Trinajstić information content (AvgIpc) is 2.40. The highest BCUT2D eigenvalue weighted by Gasteiger charge is 2.29. The van der Waals surface area contributed by atoms with Crippen LogP contribution in [0.5, 0.6) is 0 Å². The Bertz CT molecular complexity index is 193. The molecule has 0 radical (unpaired) electrons. The molecule has 1 N–H and O–H groups in total. The molecule has 0 amide bonds. The molecule has 1 heterocycles. The predicted molar refractivity (Wildman–Crippen MR) is 69.6 cm³/mol. The molecule has 1 aliphatic rings. The second-order valence-corrected chi connectivity index (χ2v) is 5.80. The molecule has 0 aromatic rings. The maximum atomic E-state index is 10.6. The first-order valence-corrected chi connectivity index (χ1v) is 7.00. The first-order chi connectivity index (χ1) is 7.56. The molecule has 96 valence electrons. The van der Waals surface area contributed by atoms with Crippen LogP contribution in [0.3, 0.4) is 0 Å². The van der Waals surface area contributed by atoms with Crippen molar-refractivity contribution < 1.29 is 5.11 Å². The van der Waals surface area contributed by atoms with E-state index in [2.05, 4.69) is 25.7 Å². The summed E-state index contributed by atoms with van der Waals surface area (Å²) in [6.45, 7) is 10.1. The van der Waals surface area contributed by atoms with Crippen molar-refractivity contribution in [1.82, 2.24) is 4.90 Å². The largest absolute Gasteiger partial charge is 0.390 e. The topological polar surface area (TPSA) is 23.5 Å². The summed E-state index contributed by atoms with van der Waals surface area (Å²) < 4.78 is 0. The van der Waals surface area contributed by atoms with Gasteiger partial charge in [-0.05, 0) is 44.7 Å². The van der Waals surface area contributed by atoms with Gasteiger partial charge in [0.2, 0.25) is 0 Å². The van der Waals surface area contributed by atoms with Crippen LogP contribution in [0, 0.1) is 5.92 Å². The standard InChI is InChI=1S/C14H29NO/c1-4-15-11-6-9-14(16,10-12-15)8-5-7-13(2)3/h13,16H,4-12H2,1-3H3. The number of hydrogen-bond acceptors (Lipinski definition) is 2. The van der Waals surface area contributed by atoms with Crippen LogP contribution in [-0.4, -0.2) is 35.2 Å². The number of hydrogen-bond donors (Lipinski definition) is 1. The molecule has 0 bridgehead atoms. The third-order valence-electron chi connectivity index (χ3n) is 3.88. The van der Waals surface area contributed by atoms with Gasteiger partial charge in [0.15, 0.2) is 0 Å². The minimum Gasteiger partial charge on any atom is -0.390 e. The van der Waals surface area contributed by atoms with Gasteiger partial charge in [0.1, 0.15) is 0 Å². The van der Waals surface area contributed by atoms with Crippen LogP contribution in [0.15, 0.2) is 0 Å². The van der Waals surface area contributed by atoms with Gasteiger partial charge in [-0.3, -0.25) is 0 Å². The number of rotatable bonds is 5. The molecule has 1 unspecified atom stereocenters. The first kappa shape index (κ1) is 14.0. The van der Waals surface area contributed by atoms with Crippen molar-refractivity contribution in [3.05, 3.63) is 0 Å². The van der Waals surface area contributed by atoms with Crippen molar-refractivity contribution in [1.29, 1.82) is 0 Å². The average molecular weight is 227 g/mol. The van der Waals surface area contributed by atoms with Gasteiger partial charge in [-0.1, -0.05) is 33.6 Å². The third-order valence-corrected chi connectivity index (χ3v) is 3.88. The van der Waals surface area contributed by atoms with Crippen molar-refractivity contribution in [2.45, 2.75) is 64.9 Å². The molecule has 16 heavy (non-hydrogen) atoms. The monoisotopic (exact) mass is 227 g/mol. The molecule has 0 spiro atoms. The molecule has 0 aromatic carbocycles. The van der Waals surface area contributed by atoms with E-state index in [-0.39, 0.29) is 5.60 Å². The smallest absolute Gasteiger partial charge is 0.0660 e. The Labute approximate surface area is 101 Å². The lowest BCUT2D eigenvalue weighted by atomic mass is 9.88. The lowest BCUT2D eigenvalue weighted by Gasteiger charge is -2.27. The quantitative estimate of drug-likeness (QED) is 0.780. The van der Waals surface area contributed by atoms with Gasteiger partial charge in [0.05, 0.1) is 5.60 Å². The van der Waals surface area contributed by atoms with Gasteiger partial charge in [-0.2, -0.15) is 0 Å². The predicted octanol–water partition coefficient (Wildman–Crippen LogP) is 3.05. The van der Waals surface area contributed by atoms with Crippen molar-refractivity contribution in [2.75, 3.05) is 19.6 Å². The van der Waals surface area contributed by atoms with Crippen molar-refractivity contribution in [3.63, 3.8) is 0 Å². The van der Waals surface area contributed by atoms with Gasteiger partial charge in [-0.25, -0.2) is 0 Å². The van der Waals surface area contributed by atoms with Gasteiger partial charge in [-0.15, -0.1) is 0 Å². The molecule has 2 nitrogen and oxygen atoms in total. The zero-order valence-corrected chi connectivity index (χ0v) is 11.3. The van der Waals surface area contributed by atoms with Crippen LogP contribution < -0.4 is 0 Å². The Morgan fingerprint density at radius 2 is 2.00 bits per heavy atom. The number of nitrogens with zero attached hydrogens (tertiary/aromatic N) is 1. The van der Waals surface area contributed by atoms with Gasteiger partial charge >= 0.3 is 0 Å². The van der Waals surface area contributed by atoms with E-state index in [1.165, 1.54) is 19.4 Å². The van der Waals surface area contributed by atoms with E-state index in [1.54, 1.807) is 0 Å². The molecule has 1 aliphatic heterocycles. The molecular weight excluding hydrogens is 198 g/mol. The molecule has 1 rings (SSSR count). The maximum absolute atomic E-state index is 10.6. The highest BCUT2D eigenvalue weighted by atomic mass is 16.3. The molecule has 0 saturated carbocycles. The Kier molecular flexibility index (Phi) is 5.77. The third kappa shape index (κ3) is 4.84. The van der Waals surface area contributed by atoms with Crippen LogP contribution in [0.1, 0.15) is 59.3 Å². The van der Waals surface area contributed by atoms with Crippen LogP contribution in [0.25, 0.3) is 0 Å². The normalized spacial score (nSPS) is 28.3. The second kappa shape index (κ2) is 6.61. The molecule has 1 saturated heterocycles. The summed E-state index contributed by atoms with van der Waals surface area (Å²) in [5.41, 5.74) is -0.362. The Hall–Kier alpha value is -0.0800. The Balaban J connectivity index is 2.32. The Morgan fingerprint density at radius 3 is 2.62 bits per heavy atom. The summed E-state index contributed by atoms with van der Waals surface area (Å²) in [5, 5.41) is 10.6. The number of aliphatic hydroxyl groups is 1. The van der Waals surface area contributed by atoms with E-state index in [0.717, 1.165) is 44.7 Å². The number of likely N-dealkylation sites (tertiary alicyclic amines) is 1. The molecule has 0 aliphatic carbocycles. The van der Waals surface area contributed by atoms with Crippen LogP contribution >= 0.6 is 0 Å². The van der Waals surface area contributed by atoms with Crippen molar-refractivity contribution in [3.8, 4) is 0 Å². The minimum absolute atomic E-state index is 0.362. The van der Waals surface area contributed by atoms with Crippen LogP contribution in [-0.2, 0) is 0 Å². The molecule has 0 aromatic heterocycles. The van der Waals surface area contributed by atoms with E-state index in [0.29, 0.717) is 0 Å². The van der Waals surface area contributed by atoms with Crippen molar-refractivity contribution in [2.24, 2.45) is 5.92 Å². The van der Waals surface area contributed by atoms with Gasteiger partial charge in [0, 0.05) is 6.54 Å².